The third-order valence-electron chi connectivity index (χ3n) is 3.73. The van der Waals surface area contributed by atoms with E-state index in [1.54, 1.807) is 4.90 Å². The van der Waals surface area contributed by atoms with Gasteiger partial charge in [-0.1, -0.05) is 0 Å². The number of hydrogen-bond acceptors (Lipinski definition) is 6. The highest BCUT2D eigenvalue weighted by atomic mass is 16.6. The van der Waals surface area contributed by atoms with Gasteiger partial charge in [-0.05, 0) is 34.6 Å². The molecule has 0 bridgehead atoms. The predicted molar refractivity (Wildman–Crippen MR) is 89.8 cm³/mol. The number of ether oxygens (including phenoxy) is 1. The van der Waals surface area contributed by atoms with Crippen molar-refractivity contribution in [2.75, 3.05) is 18.0 Å². The van der Waals surface area contributed by atoms with Crippen molar-refractivity contribution in [1.29, 1.82) is 0 Å². The summed E-state index contributed by atoms with van der Waals surface area (Å²) in [7, 11) is 0. The van der Waals surface area contributed by atoms with Crippen LogP contribution in [-0.2, 0) is 4.74 Å². The van der Waals surface area contributed by atoms with Gasteiger partial charge in [-0.25, -0.2) is 14.8 Å². The van der Waals surface area contributed by atoms with Gasteiger partial charge in [0.25, 0.3) is 5.91 Å². The van der Waals surface area contributed by atoms with Crippen LogP contribution in [0.1, 0.15) is 45.0 Å². The number of piperazine rings is 1. The van der Waals surface area contributed by atoms with Gasteiger partial charge in [-0.15, -0.1) is 0 Å². The molecule has 24 heavy (non-hydrogen) atoms. The van der Waals surface area contributed by atoms with Crippen LogP contribution in [0.25, 0.3) is 0 Å². The average molecular weight is 335 g/mol. The van der Waals surface area contributed by atoms with Crippen molar-refractivity contribution in [3.05, 3.63) is 18.0 Å². The number of primary amides is 1. The molecule has 2 heterocycles. The summed E-state index contributed by atoms with van der Waals surface area (Å²) in [4.78, 5) is 35.6. The molecule has 1 aromatic rings. The lowest BCUT2D eigenvalue weighted by Gasteiger charge is -2.44. The van der Waals surface area contributed by atoms with Crippen molar-refractivity contribution in [2.45, 2.75) is 52.3 Å². The Morgan fingerprint density at radius 1 is 1.17 bits per heavy atom. The zero-order valence-corrected chi connectivity index (χ0v) is 14.8. The van der Waals surface area contributed by atoms with Crippen molar-refractivity contribution < 1.29 is 14.3 Å². The quantitative estimate of drug-likeness (QED) is 0.877. The second kappa shape index (κ2) is 6.62. The molecule has 0 radical (unpaired) electrons. The molecule has 0 spiro atoms. The van der Waals surface area contributed by atoms with Gasteiger partial charge in [0.15, 0.2) is 0 Å². The first-order valence-corrected chi connectivity index (χ1v) is 7.96. The van der Waals surface area contributed by atoms with E-state index in [4.69, 9.17) is 10.5 Å². The zero-order chi connectivity index (χ0) is 18.1. The summed E-state index contributed by atoms with van der Waals surface area (Å²) >= 11 is 0. The topological polar surface area (TPSA) is 102 Å². The fourth-order valence-electron chi connectivity index (χ4n) is 2.77. The van der Waals surface area contributed by atoms with E-state index in [1.807, 2.05) is 39.5 Å². The number of anilines is 1. The van der Waals surface area contributed by atoms with Crippen LogP contribution in [0.2, 0.25) is 0 Å². The maximum atomic E-state index is 12.4. The number of hydrogen-bond donors (Lipinski definition) is 1. The average Bonchev–Trinajstić information content (AvgIpc) is 2.44. The van der Waals surface area contributed by atoms with Gasteiger partial charge in [0, 0.05) is 25.5 Å². The molecule has 1 aliphatic heterocycles. The van der Waals surface area contributed by atoms with Gasteiger partial charge >= 0.3 is 6.09 Å². The number of rotatable bonds is 2. The molecule has 0 aromatic carbocycles. The first kappa shape index (κ1) is 18.0. The van der Waals surface area contributed by atoms with E-state index >= 15 is 0 Å². The zero-order valence-electron chi connectivity index (χ0n) is 14.8. The Hall–Kier alpha value is -2.38. The predicted octanol–water partition coefficient (Wildman–Crippen LogP) is 1.41. The molecule has 1 saturated heterocycles. The van der Waals surface area contributed by atoms with Crippen LogP contribution in [0.4, 0.5) is 10.7 Å². The Bertz CT molecular complexity index is 599. The van der Waals surface area contributed by atoms with Crippen LogP contribution in [0.3, 0.4) is 0 Å². The molecule has 2 atom stereocenters. The number of carbonyl (C=O) groups excluding carboxylic acids is 2. The monoisotopic (exact) mass is 335 g/mol. The van der Waals surface area contributed by atoms with Gasteiger partial charge in [0.2, 0.25) is 5.95 Å². The van der Waals surface area contributed by atoms with E-state index in [1.165, 1.54) is 12.4 Å². The lowest BCUT2D eigenvalue weighted by molar-refractivity contribution is 0.00553. The molecular formula is C16H25N5O3. The highest BCUT2D eigenvalue weighted by Crippen LogP contribution is 2.22. The molecule has 2 rings (SSSR count). The smallest absolute Gasteiger partial charge is 0.410 e. The van der Waals surface area contributed by atoms with Crippen molar-refractivity contribution in [2.24, 2.45) is 5.73 Å². The van der Waals surface area contributed by atoms with Gasteiger partial charge < -0.3 is 15.4 Å². The maximum Gasteiger partial charge on any atom is 0.410 e. The molecule has 0 unspecified atom stereocenters. The van der Waals surface area contributed by atoms with E-state index in [9.17, 15) is 9.59 Å². The number of carbonyl (C=O) groups is 2. The summed E-state index contributed by atoms with van der Waals surface area (Å²) in [6.07, 6.45) is 2.52. The highest BCUT2D eigenvalue weighted by molar-refractivity contribution is 5.92. The number of aromatic nitrogens is 2. The van der Waals surface area contributed by atoms with E-state index in [-0.39, 0.29) is 23.7 Å². The molecule has 2 N–H and O–H groups in total. The normalized spacial score (nSPS) is 21.5. The second-order valence-electron chi connectivity index (χ2n) is 7.13. The van der Waals surface area contributed by atoms with Crippen molar-refractivity contribution in [3.63, 3.8) is 0 Å². The SMILES string of the molecule is C[C@@H]1CN(c2ncc(C(N)=O)cn2)C[C@H](C)N1C(=O)OC(C)(C)C. The summed E-state index contributed by atoms with van der Waals surface area (Å²) in [6, 6.07) is -0.106. The molecule has 1 fully saturated rings. The number of amides is 2. The molecule has 1 aliphatic rings. The molecule has 8 heteroatoms. The van der Waals surface area contributed by atoms with Crippen molar-refractivity contribution in [1.82, 2.24) is 14.9 Å². The molecule has 2 amide bonds. The van der Waals surface area contributed by atoms with Crippen LogP contribution in [0, 0.1) is 0 Å². The summed E-state index contributed by atoms with van der Waals surface area (Å²) < 4.78 is 5.49. The fraction of sp³-hybridized carbons (Fsp3) is 0.625. The minimum atomic E-state index is -0.557. The molecule has 1 aromatic heterocycles. The lowest BCUT2D eigenvalue weighted by atomic mass is 10.1. The van der Waals surface area contributed by atoms with E-state index < -0.39 is 11.5 Å². The Kier molecular flexibility index (Phi) is 4.96. The van der Waals surface area contributed by atoms with Gasteiger partial charge in [-0.3, -0.25) is 9.69 Å². The third kappa shape index (κ3) is 4.12. The largest absolute Gasteiger partial charge is 0.444 e. The van der Waals surface area contributed by atoms with E-state index in [2.05, 4.69) is 9.97 Å². The van der Waals surface area contributed by atoms with Crippen molar-refractivity contribution >= 4 is 17.9 Å². The number of nitrogens with two attached hydrogens (primary N) is 1. The third-order valence-corrected chi connectivity index (χ3v) is 3.73. The molecular weight excluding hydrogens is 310 g/mol. The highest BCUT2D eigenvalue weighted by Gasteiger charge is 2.36. The first-order valence-electron chi connectivity index (χ1n) is 7.96. The molecule has 0 saturated carbocycles. The number of nitrogens with zero attached hydrogens (tertiary/aromatic N) is 4. The summed E-state index contributed by atoms with van der Waals surface area (Å²) in [5.74, 6) is -0.0411. The Morgan fingerprint density at radius 2 is 1.67 bits per heavy atom. The minimum Gasteiger partial charge on any atom is -0.444 e. The molecule has 132 valence electrons. The van der Waals surface area contributed by atoms with Gasteiger partial charge in [-0.2, -0.15) is 0 Å². The summed E-state index contributed by atoms with van der Waals surface area (Å²) in [5.41, 5.74) is 4.94. The van der Waals surface area contributed by atoms with Crippen molar-refractivity contribution in [3.8, 4) is 0 Å². The van der Waals surface area contributed by atoms with Gasteiger partial charge in [0.05, 0.1) is 17.6 Å². The maximum absolute atomic E-state index is 12.4. The minimum absolute atomic E-state index is 0.0528. The molecule has 8 nitrogen and oxygen atoms in total. The molecule has 0 aliphatic carbocycles. The van der Waals surface area contributed by atoms with Crippen LogP contribution in [0.15, 0.2) is 12.4 Å². The van der Waals surface area contributed by atoms with Crippen LogP contribution >= 0.6 is 0 Å². The van der Waals surface area contributed by atoms with E-state index in [0.29, 0.717) is 19.0 Å². The standard InChI is InChI=1S/C16H25N5O3/c1-10-8-20(14-18-6-12(7-19-14)13(17)22)9-11(2)21(10)15(23)24-16(3,4)5/h6-7,10-11H,8-9H2,1-5H3,(H2,17,22)/t10-,11+. The second-order valence-corrected chi connectivity index (χ2v) is 7.13. The van der Waals surface area contributed by atoms with Crippen LogP contribution in [0.5, 0.6) is 0 Å². The summed E-state index contributed by atoms with van der Waals surface area (Å²) in [6.45, 7) is 10.6. The lowest BCUT2D eigenvalue weighted by Crippen LogP contribution is -2.59. The van der Waals surface area contributed by atoms with Crippen LogP contribution < -0.4 is 10.6 Å². The first-order chi connectivity index (χ1) is 11.1. The van der Waals surface area contributed by atoms with Gasteiger partial charge in [0.1, 0.15) is 5.60 Å². The summed E-state index contributed by atoms with van der Waals surface area (Å²) in [5, 5.41) is 0. The van der Waals surface area contributed by atoms with E-state index in [0.717, 1.165) is 0 Å². The Balaban J connectivity index is 2.09. The Labute approximate surface area is 142 Å². The fourth-order valence-corrected chi connectivity index (χ4v) is 2.77. The Morgan fingerprint density at radius 3 is 2.08 bits per heavy atom. The van der Waals surface area contributed by atoms with Crippen LogP contribution in [-0.4, -0.2) is 57.6 Å².